The van der Waals surface area contributed by atoms with Crippen molar-refractivity contribution in [1.29, 1.82) is 0 Å². The number of hydrogen-bond donors (Lipinski definition) is 1. The Kier molecular flexibility index (Phi) is 3.62. The van der Waals surface area contributed by atoms with Crippen molar-refractivity contribution in [2.24, 2.45) is 5.92 Å². The number of nitrogens with zero attached hydrogens (tertiary/aromatic N) is 1. The Morgan fingerprint density at radius 3 is 3.00 bits per heavy atom. The maximum Gasteiger partial charge on any atom is 0.228 e. The van der Waals surface area contributed by atoms with Gasteiger partial charge in [0.2, 0.25) is 5.91 Å². The second kappa shape index (κ2) is 5.41. The fourth-order valence-electron chi connectivity index (χ4n) is 3.48. The SMILES string of the molecule is CCNC(=O)[C@H]1C=C2c3ccccc3CC[C@H]2N(C)C1. The summed E-state index contributed by atoms with van der Waals surface area (Å²) in [6.45, 7) is 3.49. The third-order valence-corrected chi connectivity index (χ3v) is 4.46. The number of carbonyl (C=O) groups is 1. The summed E-state index contributed by atoms with van der Waals surface area (Å²) in [4.78, 5) is 14.5. The van der Waals surface area contributed by atoms with Gasteiger partial charge in [-0.1, -0.05) is 30.3 Å². The summed E-state index contributed by atoms with van der Waals surface area (Å²) in [5.74, 6) is 0.116. The molecule has 0 spiro atoms. The van der Waals surface area contributed by atoms with Crippen LogP contribution in [-0.4, -0.2) is 37.0 Å². The highest BCUT2D eigenvalue weighted by Crippen LogP contribution is 2.37. The Bertz CT molecular complexity index is 550. The molecule has 1 aliphatic heterocycles. The van der Waals surface area contributed by atoms with Crippen LogP contribution in [0.15, 0.2) is 30.3 Å². The summed E-state index contributed by atoms with van der Waals surface area (Å²) in [7, 11) is 2.14. The number of rotatable bonds is 2. The fraction of sp³-hybridized carbons (Fsp3) is 0.471. The lowest BCUT2D eigenvalue weighted by Gasteiger charge is -2.40. The molecule has 3 heteroatoms. The number of likely N-dealkylation sites (N-methyl/N-ethyl adjacent to an activating group) is 1. The molecule has 20 heavy (non-hydrogen) atoms. The van der Waals surface area contributed by atoms with Crippen LogP contribution in [0.5, 0.6) is 0 Å². The van der Waals surface area contributed by atoms with Crippen molar-refractivity contribution < 1.29 is 4.79 Å². The number of benzene rings is 1. The van der Waals surface area contributed by atoms with Crippen LogP contribution in [0.3, 0.4) is 0 Å². The van der Waals surface area contributed by atoms with Crippen molar-refractivity contribution in [3.8, 4) is 0 Å². The van der Waals surface area contributed by atoms with E-state index in [-0.39, 0.29) is 11.8 Å². The number of hydrogen-bond acceptors (Lipinski definition) is 2. The van der Waals surface area contributed by atoms with Crippen molar-refractivity contribution in [1.82, 2.24) is 10.2 Å². The highest BCUT2D eigenvalue weighted by atomic mass is 16.1. The molecule has 2 aliphatic rings. The molecule has 1 heterocycles. The molecule has 0 radical (unpaired) electrons. The number of carbonyl (C=O) groups excluding carboxylic acids is 1. The number of nitrogens with one attached hydrogen (secondary N) is 1. The summed E-state index contributed by atoms with van der Waals surface area (Å²) in [5, 5.41) is 2.95. The lowest BCUT2D eigenvalue weighted by atomic mass is 9.79. The fourth-order valence-corrected chi connectivity index (χ4v) is 3.48. The molecule has 1 amide bonds. The molecule has 0 fully saturated rings. The standard InChI is InChI=1S/C17H22N2O/c1-3-18-17(20)13-10-15-14-7-5-4-6-12(14)8-9-16(15)19(2)11-13/h4-7,10,13,16H,3,8-9,11H2,1-2H3,(H,18,20)/t13-,16+/m0/s1. The van der Waals surface area contributed by atoms with Crippen LogP contribution in [0, 0.1) is 5.92 Å². The van der Waals surface area contributed by atoms with Gasteiger partial charge in [-0.05, 0) is 43.5 Å². The Labute approximate surface area is 120 Å². The third kappa shape index (κ3) is 2.27. The summed E-state index contributed by atoms with van der Waals surface area (Å²) < 4.78 is 0. The number of aryl methyl sites for hydroxylation is 1. The van der Waals surface area contributed by atoms with E-state index < -0.39 is 0 Å². The molecular formula is C17H22N2O. The largest absolute Gasteiger partial charge is 0.356 e. The van der Waals surface area contributed by atoms with Gasteiger partial charge in [0.1, 0.15) is 0 Å². The summed E-state index contributed by atoms with van der Waals surface area (Å²) in [6, 6.07) is 9.07. The normalized spacial score (nSPS) is 25.4. The lowest BCUT2D eigenvalue weighted by Crippen LogP contribution is -2.46. The predicted molar refractivity (Wildman–Crippen MR) is 81.3 cm³/mol. The third-order valence-electron chi connectivity index (χ3n) is 4.46. The molecule has 1 N–H and O–H groups in total. The maximum atomic E-state index is 12.1. The molecule has 1 aromatic rings. The molecule has 3 rings (SSSR count). The van der Waals surface area contributed by atoms with Crippen LogP contribution in [0.2, 0.25) is 0 Å². The first-order valence-electron chi connectivity index (χ1n) is 7.48. The molecule has 0 bridgehead atoms. The second-order valence-corrected chi connectivity index (χ2v) is 5.77. The summed E-state index contributed by atoms with van der Waals surface area (Å²) in [6.07, 6.45) is 4.49. The summed E-state index contributed by atoms with van der Waals surface area (Å²) >= 11 is 0. The van der Waals surface area contributed by atoms with E-state index >= 15 is 0 Å². The molecule has 0 unspecified atom stereocenters. The maximum absolute atomic E-state index is 12.1. The molecular weight excluding hydrogens is 248 g/mol. The Morgan fingerprint density at radius 1 is 1.40 bits per heavy atom. The Balaban J connectivity index is 1.98. The van der Waals surface area contributed by atoms with Crippen molar-refractivity contribution in [2.75, 3.05) is 20.1 Å². The van der Waals surface area contributed by atoms with E-state index in [0.717, 1.165) is 19.4 Å². The van der Waals surface area contributed by atoms with E-state index in [1.165, 1.54) is 16.7 Å². The number of amides is 1. The van der Waals surface area contributed by atoms with Crippen LogP contribution in [-0.2, 0) is 11.2 Å². The lowest BCUT2D eigenvalue weighted by molar-refractivity contribution is -0.124. The van der Waals surface area contributed by atoms with E-state index in [2.05, 4.69) is 47.6 Å². The quantitative estimate of drug-likeness (QED) is 0.892. The molecule has 2 atom stereocenters. The first-order chi connectivity index (χ1) is 9.70. The van der Waals surface area contributed by atoms with Crippen molar-refractivity contribution >= 4 is 11.5 Å². The smallest absolute Gasteiger partial charge is 0.228 e. The summed E-state index contributed by atoms with van der Waals surface area (Å²) in [5.41, 5.74) is 4.10. The van der Waals surface area contributed by atoms with Crippen molar-refractivity contribution in [3.63, 3.8) is 0 Å². The monoisotopic (exact) mass is 270 g/mol. The second-order valence-electron chi connectivity index (χ2n) is 5.77. The highest BCUT2D eigenvalue weighted by molar-refractivity contribution is 5.85. The topological polar surface area (TPSA) is 32.3 Å². The van der Waals surface area contributed by atoms with Crippen LogP contribution < -0.4 is 5.32 Å². The average molecular weight is 270 g/mol. The molecule has 106 valence electrons. The predicted octanol–water partition coefficient (Wildman–Crippen LogP) is 2.08. The highest BCUT2D eigenvalue weighted by Gasteiger charge is 2.34. The molecule has 0 aromatic heterocycles. The van der Waals surface area contributed by atoms with Crippen molar-refractivity contribution in [3.05, 3.63) is 41.5 Å². The van der Waals surface area contributed by atoms with Crippen LogP contribution in [0.1, 0.15) is 24.5 Å². The molecule has 0 saturated carbocycles. The van der Waals surface area contributed by atoms with Gasteiger partial charge in [-0.25, -0.2) is 0 Å². The van der Waals surface area contributed by atoms with Gasteiger partial charge in [-0.3, -0.25) is 9.69 Å². The van der Waals surface area contributed by atoms with Gasteiger partial charge < -0.3 is 5.32 Å². The zero-order valence-electron chi connectivity index (χ0n) is 12.2. The minimum atomic E-state index is -0.0302. The van der Waals surface area contributed by atoms with Gasteiger partial charge >= 0.3 is 0 Å². The zero-order valence-corrected chi connectivity index (χ0v) is 12.2. The molecule has 3 nitrogen and oxygen atoms in total. The zero-order chi connectivity index (χ0) is 14.1. The molecule has 1 aromatic carbocycles. The minimum absolute atomic E-state index is 0.0302. The Morgan fingerprint density at radius 2 is 2.20 bits per heavy atom. The number of fused-ring (bicyclic) bond motifs is 3. The molecule has 0 saturated heterocycles. The van der Waals surface area contributed by atoms with E-state index in [4.69, 9.17) is 0 Å². The molecule has 1 aliphatic carbocycles. The first kappa shape index (κ1) is 13.4. The van der Waals surface area contributed by atoms with Gasteiger partial charge in [0, 0.05) is 19.1 Å². The van der Waals surface area contributed by atoms with Gasteiger partial charge in [0.25, 0.3) is 0 Å². The van der Waals surface area contributed by atoms with Gasteiger partial charge in [-0.15, -0.1) is 0 Å². The van der Waals surface area contributed by atoms with E-state index in [1.807, 2.05) is 6.92 Å². The van der Waals surface area contributed by atoms with E-state index in [0.29, 0.717) is 12.6 Å². The van der Waals surface area contributed by atoms with E-state index in [1.54, 1.807) is 0 Å². The average Bonchev–Trinajstić information content (AvgIpc) is 2.47. The van der Waals surface area contributed by atoms with Gasteiger partial charge in [0.15, 0.2) is 0 Å². The van der Waals surface area contributed by atoms with E-state index in [9.17, 15) is 4.79 Å². The van der Waals surface area contributed by atoms with Crippen molar-refractivity contribution in [2.45, 2.75) is 25.8 Å². The van der Waals surface area contributed by atoms with Crippen LogP contribution in [0.4, 0.5) is 0 Å². The van der Waals surface area contributed by atoms with Gasteiger partial charge in [0.05, 0.1) is 5.92 Å². The first-order valence-corrected chi connectivity index (χ1v) is 7.48. The minimum Gasteiger partial charge on any atom is -0.356 e. The van der Waals surface area contributed by atoms with Crippen LogP contribution >= 0.6 is 0 Å². The van der Waals surface area contributed by atoms with Gasteiger partial charge in [-0.2, -0.15) is 0 Å². The van der Waals surface area contributed by atoms with Crippen LogP contribution in [0.25, 0.3) is 5.57 Å². The Hall–Kier alpha value is -1.61.